The first kappa shape index (κ1) is 65.1. The zero-order valence-electron chi connectivity index (χ0n) is 45.5. The molecule has 0 aliphatic heterocycles. The molecule has 0 aliphatic rings. The molecule has 0 unspecified atom stereocenters. The van der Waals surface area contributed by atoms with Gasteiger partial charge in [-0.05, 0) is 44.9 Å². The van der Waals surface area contributed by atoms with Gasteiger partial charge in [-0.1, -0.05) is 290 Å². The van der Waals surface area contributed by atoms with E-state index >= 15 is 0 Å². The molecule has 396 valence electrons. The molecule has 6 nitrogen and oxygen atoms in total. The van der Waals surface area contributed by atoms with Crippen LogP contribution in [-0.4, -0.2) is 37.2 Å². The molecule has 0 aromatic heterocycles. The van der Waals surface area contributed by atoms with Crippen LogP contribution in [0, 0.1) is 0 Å². The molecule has 0 rings (SSSR count). The Morgan fingerprint density at radius 3 is 0.746 bits per heavy atom. The van der Waals surface area contributed by atoms with Gasteiger partial charge in [0.25, 0.3) is 0 Å². The van der Waals surface area contributed by atoms with Crippen LogP contribution in [0.25, 0.3) is 0 Å². The normalized spacial score (nSPS) is 12.0. The topological polar surface area (TPSA) is 78.9 Å². The van der Waals surface area contributed by atoms with Gasteiger partial charge in [-0.3, -0.25) is 14.4 Å². The van der Waals surface area contributed by atoms with Crippen LogP contribution < -0.4 is 0 Å². The number of carbonyl (C=O) groups excluding carboxylic acids is 3. The van der Waals surface area contributed by atoms with E-state index in [1.54, 1.807) is 0 Å². The van der Waals surface area contributed by atoms with E-state index in [4.69, 9.17) is 14.2 Å². The number of ether oxygens (including phenoxy) is 3. The van der Waals surface area contributed by atoms with E-state index in [9.17, 15) is 14.4 Å². The van der Waals surface area contributed by atoms with E-state index in [0.717, 1.165) is 57.8 Å². The maximum atomic E-state index is 12.9. The fraction of sp³-hybridized carbons (Fsp3) is 0.918. The van der Waals surface area contributed by atoms with Crippen LogP contribution >= 0.6 is 0 Å². The molecule has 0 radical (unpaired) electrons. The third-order valence-electron chi connectivity index (χ3n) is 13.8. The van der Waals surface area contributed by atoms with Gasteiger partial charge in [0.2, 0.25) is 0 Å². The Balaban J connectivity index is 4.29. The second-order valence-electron chi connectivity index (χ2n) is 20.6. The molecular weight excluding hydrogens is 829 g/mol. The lowest BCUT2D eigenvalue weighted by Crippen LogP contribution is -2.30. The van der Waals surface area contributed by atoms with Gasteiger partial charge in [0.1, 0.15) is 13.2 Å². The lowest BCUT2D eigenvalue weighted by Gasteiger charge is -2.18. The van der Waals surface area contributed by atoms with Crippen molar-refractivity contribution in [2.75, 3.05) is 13.2 Å². The molecule has 1 atom stereocenters. The summed E-state index contributed by atoms with van der Waals surface area (Å²) in [6.45, 7) is 6.70. The van der Waals surface area contributed by atoms with Crippen LogP contribution in [0.3, 0.4) is 0 Å². The Morgan fingerprint density at radius 2 is 0.493 bits per heavy atom. The molecule has 0 bridgehead atoms. The Kier molecular flexibility index (Phi) is 55.2. The van der Waals surface area contributed by atoms with Crippen LogP contribution in [0.2, 0.25) is 0 Å². The van der Waals surface area contributed by atoms with Crippen molar-refractivity contribution in [3.05, 3.63) is 12.2 Å². The first-order chi connectivity index (χ1) is 33.0. The maximum Gasteiger partial charge on any atom is 0.306 e. The summed E-state index contributed by atoms with van der Waals surface area (Å²) in [4.78, 5) is 38.2. The van der Waals surface area contributed by atoms with Crippen molar-refractivity contribution in [2.24, 2.45) is 0 Å². The SMILES string of the molecule is CCCCCCCC/C=C/CCCCCCCCCCCC(=O)OC[C@@H](COC(=O)CCCCCCCCCCCCCCCCC)OC(=O)CCCCCCCCCCCCCCCCC. The van der Waals surface area contributed by atoms with Crippen molar-refractivity contribution in [1.82, 2.24) is 0 Å². The minimum atomic E-state index is -0.765. The highest BCUT2D eigenvalue weighted by atomic mass is 16.6. The van der Waals surface area contributed by atoms with Gasteiger partial charge < -0.3 is 14.2 Å². The van der Waals surface area contributed by atoms with E-state index in [1.165, 1.54) is 244 Å². The summed E-state index contributed by atoms with van der Waals surface area (Å²) in [5, 5.41) is 0. The molecule has 67 heavy (non-hydrogen) atoms. The predicted octanol–water partition coefficient (Wildman–Crippen LogP) is 20.1. The Hall–Kier alpha value is -1.85. The van der Waals surface area contributed by atoms with E-state index in [2.05, 4.69) is 32.9 Å². The predicted molar refractivity (Wildman–Crippen MR) is 289 cm³/mol. The maximum absolute atomic E-state index is 12.9. The summed E-state index contributed by atoms with van der Waals surface area (Å²) >= 11 is 0. The second kappa shape index (κ2) is 56.7. The quantitative estimate of drug-likeness (QED) is 0.0262. The number of unbranched alkanes of at least 4 members (excludes halogenated alkanes) is 43. The van der Waals surface area contributed by atoms with Crippen molar-refractivity contribution in [3.63, 3.8) is 0 Å². The van der Waals surface area contributed by atoms with Crippen molar-refractivity contribution in [3.8, 4) is 0 Å². The molecule has 6 heteroatoms. The number of allylic oxidation sites excluding steroid dienone is 2. The minimum absolute atomic E-state index is 0.0641. The van der Waals surface area contributed by atoms with E-state index in [1.807, 2.05) is 0 Å². The molecule has 0 aromatic carbocycles. The lowest BCUT2D eigenvalue weighted by molar-refractivity contribution is -0.167. The summed E-state index contributed by atoms with van der Waals surface area (Å²) in [6.07, 6.45) is 64.9. The number of esters is 3. The molecule has 0 N–H and O–H groups in total. The average Bonchev–Trinajstić information content (AvgIpc) is 3.33. The van der Waals surface area contributed by atoms with Crippen molar-refractivity contribution in [1.29, 1.82) is 0 Å². The molecule has 0 saturated heterocycles. The smallest absolute Gasteiger partial charge is 0.306 e. The standard InChI is InChI=1S/C61H116O6/c1-4-7-10-13-16-19-22-25-28-29-30-31-34-36-39-42-45-48-51-54-60(63)66-57-58(67-61(64)55-52-49-46-43-40-37-33-27-24-21-18-15-12-9-6-3)56-65-59(62)53-50-47-44-41-38-35-32-26-23-20-17-14-11-8-5-2/h25,28,58H,4-24,26-27,29-57H2,1-3H3/b28-25+/t58-/m1/s1. The first-order valence-electron chi connectivity index (χ1n) is 30.2. The van der Waals surface area contributed by atoms with Crippen molar-refractivity contribution < 1.29 is 28.6 Å². The molecule has 0 spiro atoms. The van der Waals surface area contributed by atoms with Crippen LogP contribution in [0.4, 0.5) is 0 Å². The van der Waals surface area contributed by atoms with Gasteiger partial charge in [0, 0.05) is 19.3 Å². The van der Waals surface area contributed by atoms with Gasteiger partial charge in [0.15, 0.2) is 6.10 Å². The molecule has 0 aromatic rings. The largest absolute Gasteiger partial charge is 0.462 e. The highest BCUT2D eigenvalue weighted by Crippen LogP contribution is 2.17. The van der Waals surface area contributed by atoms with Gasteiger partial charge in [-0.2, -0.15) is 0 Å². The number of hydrogen-bond donors (Lipinski definition) is 0. The highest BCUT2D eigenvalue weighted by Gasteiger charge is 2.19. The monoisotopic (exact) mass is 945 g/mol. The van der Waals surface area contributed by atoms with Gasteiger partial charge >= 0.3 is 17.9 Å². The van der Waals surface area contributed by atoms with Crippen LogP contribution in [0.15, 0.2) is 12.2 Å². The van der Waals surface area contributed by atoms with Gasteiger partial charge in [-0.25, -0.2) is 0 Å². The Morgan fingerprint density at radius 1 is 0.284 bits per heavy atom. The van der Waals surface area contributed by atoms with Crippen molar-refractivity contribution >= 4 is 17.9 Å². The zero-order valence-corrected chi connectivity index (χ0v) is 45.5. The third-order valence-corrected chi connectivity index (χ3v) is 13.8. The number of rotatable bonds is 56. The van der Waals surface area contributed by atoms with Crippen LogP contribution in [0.1, 0.15) is 342 Å². The van der Waals surface area contributed by atoms with Gasteiger partial charge in [-0.15, -0.1) is 0 Å². The third kappa shape index (κ3) is 55.0. The molecule has 0 amide bonds. The average molecular weight is 946 g/mol. The second-order valence-corrected chi connectivity index (χ2v) is 20.6. The van der Waals surface area contributed by atoms with Crippen molar-refractivity contribution in [2.45, 2.75) is 348 Å². The van der Waals surface area contributed by atoms with E-state index < -0.39 is 6.10 Å². The molecule has 0 fully saturated rings. The summed E-state index contributed by atoms with van der Waals surface area (Å²) in [5.41, 5.74) is 0. The fourth-order valence-electron chi connectivity index (χ4n) is 9.21. The highest BCUT2D eigenvalue weighted by molar-refractivity contribution is 5.71. The summed E-state index contributed by atoms with van der Waals surface area (Å²) < 4.78 is 16.9. The summed E-state index contributed by atoms with van der Waals surface area (Å²) in [7, 11) is 0. The Labute approximate surface area is 418 Å². The molecule has 0 heterocycles. The number of carbonyl (C=O) groups is 3. The van der Waals surface area contributed by atoms with E-state index in [0.29, 0.717) is 19.3 Å². The van der Waals surface area contributed by atoms with E-state index in [-0.39, 0.29) is 31.1 Å². The lowest BCUT2D eigenvalue weighted by atomic mass is 10.0. The summed E-state index contributed by atoms with van der Waals surface area (Å²) in [6, 6.07) is 0. The Bertz CT molecular complexity index is 1040. The molecular formula is C61H116O6. The molecule has 0 aliphatic carbocycles. The summed E-state index contributed by atoms with van der Waals surface area (Å²) in [5.74, 6) is -0.839. The zero-order chi connectivity index (χ0) is 48.6. The fourth-order valence-corrected chi connectivity index (χ4v) is 9.21. The van der Waals surface area contributed by atoms with Gasteiger partial charge in [0.05, 0.1) is 0 Å². The number of hydrogen-bond acceptors (Lipinski definition) is 6. The minimum Gasteiger partial charge on any atom is -0.462 e. The molecule has 0 saturated carbocycles. The first-order valence-corrected chi connectivity index (χ1v) is 30.2. The van der Waals surface area contributed by atoms with Crippen LogP contribution in [-0.2, 0) is 28.6 Å². The van der Waals surface area contributed by atoms with Crippen LogP contribution in [0.5, 0.6) is 0 Å².